The number of rotatable bonds is 17. The molecule has 2 aromatic heterocycles. The minimum absolute atomic E-state index is 0.0808. The molecular weight excluding hydrogens is 801 g/mol. The van der Waals surface area contributed by atoms with Gasteiger partial charge in [-0.15, -0.1) is 0 Å². The zero-order chi connectivity index (χ0) is 44.5. The van der Waals surface area contributed by atoms with Crippen LogP contribution in [-0.2, 0) is 28.5 Å². The van der Waals surface area contributed by atoms with E-state index in [9.17, 15) is 29.4 Å². The Labute approximate surface area is 362 Å². The number of H-pyrrole nitrogens is 2. The lowest BCUT2D eigenvalue weighted by molar-refractivity contribution is -0.136. The van der Waals surface area contributed by atoms with Gasteiger partial charge in [0.25, 0.3) is 0 Å². The van der Waals surface area contributed by atoms with Crippen LogP contribution in [0.1, 0.15) is 108 Å². The third-order valence-corrected chi connectivity index (χ3v) is 11.9. The molecule has 2 aliphatic carbocycles. The summed E-state index contributed by atoms with van der Waals surface area (Å²) in [5.74, 6) is 1.25. The number of methoxy groups -OCH3 is 2. The van der Waals surface area contributed by atoms with E-state index in [0.717, 1.165) is 59.4 Å². The van der Waals surface area contributed by atoms with Crippen molar-refractivity contribution in [2.45, 2.75) is 103 Å². The minimum Gasteiger partial charge on any atom is -0.491 e. The smallest absolute Gasteiger partial charge is 0.407 e. The summed E-state index contributed by atoms with van der Waals surface area (Å²) in [6, 6.07) is -2.05. The Morgan fingerprint density at radius 2 is 1.31 bits per heavy atom. The van der Waals surface area contributed by atoms with E-state index in [1.54, 1.807) is 22.2 Å². The lowest BCUT2D eigenvalue weighted by atomic mass is 9.83. The number of aromatic nitrogens is 4. The number of ether oxygens (including phenoxy) is 4. The van der Waals surface area contributed by atoms with E-state index in [4.69, 9.17) is 28.9 Å². The summed E-state index contributed by atoms with van der Waals surface area (Å²) in [4.78, 5) is 71.5. The number of hydrogen-bond donors (Lipinski definition) is 6. The van der Waals surface area contributed by atoms with Crippen molar-refractivity contribution >= 4 is 35.1 Å². The van der Waals surface area contributed by atoms with Gasteiger partial charge in [0, 0.05) is 25.1 Å². The van der Waals surface area contributed by atoms with Gasteiger partial charge >= 0.3 is 12.2 Å². The van der Waals surface area contributed by atoms with Gasteiger partial charge in [0.15, 0.2) is 0 Å². The van der Waals surface area contributed by atoms with Crippen LogP contribution >= 0.6 is 0 Å². The number of carbonyl (C=O) groups excluding carboxylic acids is 4. The van der Waals surface area contributed by atoms with E-state index in [-0.39, 0.29) is 62.2 Å². The van der Waals surface area contributed by atoms with E-state index in [1.807, 2.05) is 45.9 Å². The molecule has 62 heavy (non-hydrogen) atoms. The van der Waals surface area contributed by atoms with E-state index < -0.39 is 30.4 Å². The zero-order valence-electron chi connectivity index (χ0n) is 36.6. The van der Waals surface area contributed by atoms with E-state index in [1.165, 1.54) is 14.2 Å². The van der Waals surface area contributed by atoms with E-state index in [0.29, 0.717) is 49.8 Å². The number of nitrogens with one attached hydrogen (secondary N) is 4. The zero-order valence-corrected chi connectivity index (χ0v) is 36.6. The summed E-state index contributed by atoms with van der Waals surface area (Å²) in [5, 5.41) is 25.0. The number of alkyl carbamates (subject to hydrolysis) is 2. The Morgan fingerprint density at radius 3 is 1.81 bits per heavy atom. The highest BCUT2D eigenvalue weighted by atomic mass is 16.5. The summed E-state index contributed by atoms with van der Waals surface area (Å²) in [7, 11) is 2.55. The standard InChI is InChI=1S/C44H62N8O10/c1-25(2)37(49-43(57)59-5)41(55)51-15-7-9-33(51)39-45-23-31(47-39)27-11-13-29(35(21-27)61-19-17-53)30-14-12-28(22-36(30)62-20-18-54)32-24-46-40(48-32)34-10-8-16-52(34)42(56)38(26(3)4)50-44(58)60-6/h11,13,22-26,33-35,37-38,53-54H,7-10,12,14-21H2,1-6H3,(H,45,47)(H,46,48)(H,49,57)(H,50,58). The summed E-state index contributed by atoms with van der Waals surface area (Å²) >= 11 is 0. The van der Waals surface area contributed by atoms with Crippen LogP contribution in [0.3, 0.4) is 0 Å². The number of aliphatic hydroxyl groups is 2. The number of nitrogens with zero attached hydrogens (tertiary/aromatic N) is 4. The highest BCUT2D eigenvalue weighted by Gasteiger charge is 2.39. The first kappa shape index (κ1) is 46.1. The van der Waals surface area contributed by atoms with E-state index in [2.05, 4.69) is 20.6 Å². The summed E-state index contributed by atoms with van der Waals surface area (Å²) < 4.78 is 22.0. The van der Waals surface area contributed by atoms with Crippen molar-refractivity contribution in [3.8, 4) is 0 Å². The van der Waals surface area contributed by atoms with Crippen LogP contribution in [0.25, 0.3) is 11.1 Å². The Hall–Kier alpha value is -5.46. The molecule has 18 heteroatoms. The molecule has 2 saturated heterocycles. The van der Waals surface area contributed by atoms with Crippen LogP contribution in [-0.4, -0.2) is 136 Å². The maximum absolute atomic E-state index is 13.7. The summed E-state index contributed by atoms with van der Waals surface area (Å²) in [6.45, 7) is 8.47. The molecule has 0 bridgehead atoms. The lowest BCUT2D eigenvalue weighted by Crippen LogP contribution is -2.51. The number of imidazole rings is 2. The Balaban J connectivity index is 1.24. The molecule has 0 radical (unpaired) electrons. The van der Waals surface area contributed by atoms with E-state index >= 15 is 0 Å². The fraction of sp³-hybridized carbons (Fsp3) is 0.591. The van der Waals surface area contributed by atoms with Crippen molar-refractivity contribution in [2.75, 3.05) is 53.7 Å². The highest BCUT2D eigenvalue weighted by Crippen LogP contribution is 2.41. The first-order valence-electron chi connectivity index (χ1n) is 21.6. The van der Waals surface area contributed by atoms with Crippen molar-refractivity contribution in [1.82, 2.24) is 40.4 Å². The third kappa shape index (κ3) is 10.4. The highest BCUT2D eigenvalue weighted by molar-refractivity contribution is 5.87. The molecule has 2 aliphatic heterocycles. The molecule has 4 amide bonds. The molecule has 2 fully saturated rings. The number of likely N-dealkylation sites (tertiary alicyclic amines) is 2. The number of amides is 4. The second-order valence-corrected chi connectivity index (χ2v) is 16.6. The van der Waals surface area contributed by atoms with Crippen molar-refractivity contribution in [2.24, 2.45) is 11.8 Å². The number of aliphatic hydroxyl groups excluding tert-OH is 2. The Kier molecular flexibility index (Phi) is 15.7. The monoisotopic (exact) mass is 862 g/mol. The maximum atomic E-state index is 13.7. The quantitative estimate of drug-likeness (QED) is 0.130. The molecule has 338 valence electrons. The molecule has 0 aromatic carbocycles. The predicted octanol–water partition coefficient (Wildman–Crippen LogP) is 4.45. The van der Waals surface area contributed by atoms with Crippen LogP contribution in [0, 0.1) is 11.8 Å². The number of aromatic amines is 2. The van der Waals surface area contributed by atoms with Crippen molar-refractivity contribution in [3.63, 3.8) is 0 Å². The van der Waals surface area contributed by atoms with Crippen LogP contribution < -0.4 is 10.6 Å². The molecular formula is C44H62N8O10. The van der Waals surface area contributed by atoms with Crippen LogP contribution in [0.5, 0.6) is 0 Å². The van der Waals surface area contributed by atoms with Gasteiger partial charge in [-0.05, 0) is 73.2 Å². The molecule has 2 aromatic rings. The average molecular weight is 863 g/mol. The van der Waals surface area contributed by atoms with Gasteiger partial charge < -0.3 is 59.6 Å². The number of allylic oxidation sites excluding steroid dienone is 4. The van der Waals surface area contributed by atoms with Gasteiger partial charge in [-0.1, -0.05) is 39.8 Å². The van der Waals surface area contributed by atoms with Gasteiger partial charge in [0.2, 0.25) is 11.8 Å². The van der Waals surface area contributed by atoms with Crippen molar-refractivity contribution < 1.29 is 48.3 Å². The summed E-state index contributed by atoms with van der Waals surface area (Å²) in [5.41, 5.74) is 5.30. The van der Waals surface area contributed by atoms with Gasteiger partial charge in [0.1, 0.15) is 36.1 Å². The van der Waals surface area contributed by atoms with Crippen LogP contribution in [0.2, 0.25) is 0 Å². The van der Waals surface area contributed by atoms with Crippen LogP contribution in [0.4, 0.5) is 9.59 Å². The molecule has 0 saturated carbocycles. The molecule has 4 heterocycles. The van der Waals surface area contributed by atoms with Gasteiger partial charge in [0.05, 0.1) is 76.0 Å². The Bertz CT molecular complexity index is 2050. The predicted molar refractivity (Wildman–Crippen MR) is 228 cm³/mol. The molecule has 5 atom stereocenters. The molecule has 18 nitrogen and oxygen atoms in total. The number of carbonyl (C=O) groups is 4. The maximum Gasteiger partial charge on any atom is 0.407 e. The molecule has 6 rings (SSSR count). The molecule has 6 N–H and O–H groups in total. The first-order chi connectivity index (χ1) is 29.9. The van der Waals surface area contributed by atoms with Crippen molar-refractivity contribution in [3.05, 3.63) is 70.6 Å². The molecule has 0 spiro atoms. The average Bonchev–Trinajstić information content (AvgIpc) is 4.12. The third-order valence-electron chi connectivity index (χ3n) is 11.9. The fourth-order valence-electron chi connectivity index (χ4n) is 8.72. The second kappa shape index (κ2) is 21.1. The van der Waals surface area contributed by atoms with Gasteiger partial charge in [-0.2, -0.15) is 0 Å². The lowest BCUT2D eigenvalue weighted by Gasteiger charge is -2.30. The second-order valence-electron chi connectivity index (χ2n) is 16.6. The fourth-order valence-corrected chi connectivity index (χ4v) is 8.72. The first-order valence-corrected chi connectivity index (χ1v) is 21.6. The van der Waals surface area contributed by atoms with Crippen LogP contribution in [0.15, 0.2) is 47.5 Å². The Morgan fingerprint density at radius 1 is 0.774 bits per heavy atom. The SMILES string of the molecule is COC(=O)NC(C(=O)N1CCCC1c1ncc(C2=CC(OCCO)=C(C3=CC=C(c4cnc(C5CCCN5C(=O)C(NC(=O)OC)C(C)C)[nH]4)CC3OCCO)CC2)[nH]1)C(C)C. The normalized spacial score (nSPS) is 21.4. The molecule has 4 aliphatic rings. The number of hydrogen-bond acceptors (Lipinski definition) is 12. The largest absolute Gasteiger partial charge is 0.491 e. The van der Waals surface area contributed by atoms with Crippen molar-refractivity contribution in [1.29, 1.82) is 0 Å². The minimum atomic E-state index is -0.739. The molecule has 5 unspecified atom stereocenters. The van der Waals surface area contributed by atoms with Gasteiger partial charge in [-0.3, -0.25) is 9.59 Å². The topological polar surface area (TPSA) is 234 Å². The summed E-state index contributed by atoms with van der Waals surface area (Å²) in [6.07, 6.45) is 12.5. The van der Waals surface area contributed by atoms with Gasteiger partial charge in [-0.25, -0.2) is 19.6 Å².